The fourth-order valence-corrected chi connectivity index (χ4v) is 2.95. The third-order valence-corrected chi connectivity index (χ3v) is 4.22. The standard InChI is InChI=1S/C19H26N2O3/c1-19(2,3)24-18(22)21-12-7-14-5-6-16(13-17(14)21)23-15-8-10-20(4)11-9-15/h5-7,12-13,15H,8-11H2,1-4H3. The summed E-state index contributed by atoms with van der Waals surface area (Å²) in [4.78, 5) is 14.7. The van der Waals surface area contributed by atoms with Gasteiger partial charge in [0.15, 0.2) is 0 Å². The molecule has 0 amide bonds. The van der Waals surface area contributed by atoms with Crippen LogP contribution in [0.3, 0.4) is 0 Å². The Morgan fingerprint density at radius 3 is 2.54 bits per heavy atom. The van der Waals surface area contributed by atoms with E-state index in [-0.39, 0.29) is 12.2 Å². The van der Waals surface area contributed by atoms with Crippen molar-refractivity contribution in [2.75, 3.05) is 20.1 Å². The van der Waals surface area contributed by atoms with E-state index in [4.69, 9.17) is 9.47 Å². The van der Waals surface area contributed by atoms with Gasteiger partial charge in [-0.2, -0.15) is 0 Å². The molecule has 24 heavy (non-hydrogen) atoms. The summed E-state index contributed by atoms with van der Waals surface area (Å²) in [5.41, 5.74) is 0.297. The van der Waals surface area contributed by atoms with Crippen LogP contribution in [0.4, 0.5) is 4.79 Å². The van der Waals surface area contributed by atoms with Crippen LogP contribution in [0, 0.1) is 0 Å². The van der Waals surface area contributed by atoms with Gasteiger partial charge in [-0.25, -0.2) is 4.79 Å². The van der Waals surface area contributed by atoms with Gasteiger partial charge in [-0.05, 0) is 58.9 Å². The molecule has 0 aliphatic carbocycles. The molecule has 1 aliphatic rings. The van der Waals surface area contributed by atoms with E-state index in [1.54, 1.807) is 10.8 Å². The molecule has 0 atom stereocenters. The van der Waals surface area contributed by atoms with Crippen molar-refractivity contribution in [1.82, 2.24) is 9.47 Å². The molecule has 3 rings (SSSR count). The van der Waals surface area contributed by atoms with Crippen LogP contribution in [-0.2, 0) is 4.74 Å². The van der Waals surface area contributed by atoms with Crippen LogP contribution in [-0.4, -0.2) is 47.4 Å². The first-order valence-corrected chi connectivity index (χ1v) is 8.51. The number of aromatic nitrogens is 1. The zero-order valence-corrected chi connectivity index (χ0v) is 14.9. The number of likely N-dealkylation sites (tertiary alicyclic amines) is 1. The van der Waals surface area contributed by atoms with Gasteiger partial charge in [-0.1, -0.05) is 0 Å². The van der Waals surface area contributed by atoms with E-state index in [1.165, 1.54) is 0 Å². The number of rotatable bonds is 2. The maximum absolute atomic E-state index is 12.4. The summed E-state index contributed by atoms with van der Waals surface area (Å²) in [5, 5.41) is 0.997. The molecule has 2 aromatic rings. The minimum Gasteiger partial charge on any atom is -0.490 e. The van der Waals surface area contributed by atoms with Gasteiger partial charge >= 0.3 is 6.09 Å². The first-order chi connectivity index (χ1) is 11.3. The van der Waals surface area contributed by atoms with Crippen molar-refractivity contribution in [3.63, 3.8) is 0 Å². The molecule has 2 heterocycles. The summed E-state index contributed by atoms with van der Waals surface area (Å²) < 4.78 is 13.1. The average molecular weight is 330 g/mol. The Bertz CT molecular complexity index is 722. The Labute approximate surface area is 143 Å². The molecule has 0 spiro atoms. The minimum atomic E-state index is -0.518. The lowest BCUT2D eigenvalue weighted by Crippen LogP contribution is -2.35. The lowest BCUT2D eigenvalue weighted by molar-refractivity contribution is 0.0544. The zero-order valence-electron chi connectivity index (χ0n) is 14.9. The second-order valence-electron chi connectivity index (χ2n) is 7.51. The highest BCUT2D eigenvalue weighted by Crippen LogP contribution is 2.25. The molecule has 5 heteroatoms. The molecule has 0 bridgehead atoms. The van der Waals surface area contributed by atoms with E-state index < -0.39 is 5.60 Å². The third kappa shape index (κ3) is 3.90. The van der Waals surface area contributed by atoms with Gasteiger partial charge in [-0.3, -0.25) is 4.57 Å². The Morgan fingerprint density at radius 1 is 1.17 bits per heavy atom. The zero-order chi connectivity index (χ0) is 17.3. The maximum atomic E-state index is 12.4. The van der Waals surface area contributed by atoms with Crippen LogP contribution in [0.15, 0.2) is 30.5 Å². The summed E-state index contributed by atoms with van der Waals surface area (Å²) in [6.45, 7) is 7.71. The summed E-state index contributed by atoms with van der Waals surface area (Å²) >= 11 is 0. The van der Waals surface area contributed by atoms with Crippen molar-refractivity contribution in [2.24, 2.45) is 0 Å². The van der Waals surface area contributed by atoms with Crippen molar-refractivity contribution in [3.05, 3.63) is 30.5 Å². The number of benzene rings is 1. The fraction of sp³-hybridized carbons (Fsp3) is 0.526. The fourth-order valence-electron chi connectivity index (χ4n) is 2.95. The van der Waals surface area contributed by atoms with Crippen molar-refractivity contribution in [1.29, 1.82) is 0 Å². The van der Waals surface area contributed by atoms with Crippen molar-refractivity contribution in [3.8, 4) is 5.75 Å². The van der Waals surface area contributed by atoms with E-state index >= 15 is 0 Å². The molecule has 1 fully saturated rings. The lowest BCUT2D eigenvalue weighted by atomic mass is 10.1. The van der Waals surface area contributed by atoms with Crippen LogP contribution in [0.25, 0.3) is 10.9 Å². The molecule has 130 valence electrons. The predicted molar refractivity (Wildman–Crippen MR) is 94.7 cm³/mol. The molecule has 5 nitrogen and oxygen atoms in total. The lowest BCUT2D eigenvalue weighted by Gasteiger charge is -2.29. The Balaban J connectivity index is 1.79. The van der Waals surface area contributed by atoms with E-state index in [0.29, 0.717) is 0 Å². The highest BCUT2D eigenvalue weighted by atomic mass is 16.6. The minimum absolute atomic E-state index is 0.239. The number of ether oxygens (including phenoxy) is 2. The number of nitrogens with zero attached hydrogens (tertiary/aromatic N) is 2. The summed E-state index contributed by atoms with van der Waals surface area (Å²) in [7, 11) is 2.13. The summed E-state index contributed by atoms with van der Waals surface area (Å²) in [6, 6.07) is 7.80. The first kappa shape index (κ1) is 16.8. The molecule has 0 N–H and O–H groups in total. The van der Waals surface area contributed by atoms with Crippen LogP contribution in [0.2, 0.25) is 0 Å². The van der Waals surface area contributed by atoms with E-state index in [9.17, 15) is 4.79 Å². The predicted octanol–water partition coefficient (Wildman–Crippen LogP) is 3.90. The highest BCUT2D eigenvalue weighted by molar-refractivity contribution is 5.90. The number of fused-ring (bicyclic) bond motifs is 1. The van der Waals surface area contributed by atoms with Gasteiger partial charge in [0, 0.05) is 30.7 Å². The van der Waals surface area contributed by atoms with Gasteiger partial charge in [0.1, 0.15) is 17.5 Å². The topological polar surface area (TPSA) is 43.7 Å². The Morgan fingerprint density at radius 2 is 1.88 bits per heavy atom. The third-order valence-electron chi connectivity index (χ3n) is 4.22. The first-order valence-electron chi connectivity index (χ1n) is 8.51. The number of hydrogen-bond donors (Lipinski definition) is 0. The molecular formula is C19H26N2O3. The largest absolute Gasteiger partial charge is 0.490 e. The van der Waals surface area contributed by atoms with E-state index in [0.717, 1.165) is 42.6 Å². The van der Waals surface area contributed by atoms with Gasteiger partial charge in [-0.15, -0.1) is 0 Å². The molecule has 0 radical (unpaired) electrons. The van der Waals surface area contributed by atoms with E-state index in [2.05, 4.69) is 11.9 Å². The molecule has 0 unspecified atom stereocenters. The highest BCUT2D eigenvalue weighted by Gasteiger charge is 2.20. The van der Waals surface area contributed by atoms with Crippen molar-refractivity contribution >= 4 is 17.0 Å². The van der Waals surface area contributed by atoms with Crippen LogP contribution >= 0.6 is 0 Å². The maximum Gasteiger partial charge on any atom is 0.418 e. The van der Waals surface area contributed by atoms with Crippen molar-refractivity contribution in [2.45, 2.75) is 45.3 Å². The SMILES string of the molecule is CN1CCC(Oc2ccc3ccn(C(=O)OC(C)(C)C)c3c2)CC1. The molecule has 1 aromatic carbocycles. The number of piperidine rings is 1. The molecule has 1 aliphatic heterocycles. The van der Waals surface area contributed by atoms with Crippen LogP contribution < -0.4 is 4.74 Å². The monoisotopic (exact) mass is 330 g/mol. The number of carbonyl (C=O) groups excluding carboxylic acids is 1. The normalized spacial score (nSPS) is 17.2. The smallest absolute Gasteiger partial charge is 0.418 e. The van der Waals surface area contributed by atoms with Gasteiger partial charge < -0.3 is 14.4 Å². The van der Waals surface area contributed by atoms with Gasteiger partial charge in [0.25, 0.3) is 0 Å². The second-order valence-corrected chi connectivity index (χ2v) is 7.51. The number of hydrogen-bond acceptors (Lipinski definition) is 4. The van der Waals surface area contributed by atoms with E-state index in [1.807, 2.05) is 45.0 Å². The quantitative estimate of drug-likeness (QED) is 0.838. The Kier molecular flexibility index (Phi) is 4.54. The molecule has 0 saturated carbocycles. The molecule has 1 aromatic heterocycles. The second kappa shape index (κ2) is 6.48. The van der Waals surface area contributed by atoms with Crippen molar-refractivity contribution < 1.29 is 14.3 Å². The number of carbonyl (C=O) groups is 1. The van der Waals surface area contributed by atoms with Crippen LogP contribution in [0.1, 0.15) is 33.6 Å². The summed E-state index contributed by atoms with van der Waals surface area (Å²) in [5.74, 6) is 0.806. The van der Waals surface area contributed by atoms with Gasteiger partial charge in [0.2, 0.25) is 0 Å². The summed E-state index contributed by atoms with van der Waals surface area (Å²) in [6.07, 6.45) is 3.68. The average Bonchev–Trinajstić information content (AvgIpc) is 2.91. The van der Waals surface area contributed by atoms with Crippen LogP contribution in [0.5, 0.6) is 5.75 Å². The molecule has 1 saturated heterocycles. The van der Waals surface area contributed by atoms with Gasteiger partial charge in [0.05, 0.1) is 5.52 Å². The molecular weight excluding hydrogens is 304 g/mol. The Hall–Kier alpha value is -2.01.